The Hall–Kier alpha value is -7.95. The molecule has 13 rings (SSSR count). The summed E-state index contributed by atoms with van der Waals surface area (Å²) in [5.41, 5.74) is 19.3. The molecule has 6 heteroatoms. The Morgan fingerprint density at radius 2 is 1.29 bits per heavy atom. The van der Waals surface area contributed by atoms with E-state index in [1.165, 1.54) is 16.7 Å². The first-order valence-corrected chi connectivity index (χ1v) is 27.1. The molecule has 0 amide bonds. The molecule has 392 valence electrons. The largest absolute Gasteiger partial charge is 0.372 e. The normalized spacial score (nSPS) is 13.4. The predicted octanol–water partition coefficient (Wildman–Crippen LogP) is 17.6. The molecule has 3 aromatic heterocycles. The van der Waals surface area contributed by atoms with Crippen LogP contribution in [0.4, 0.5) is 0 Å². The second-order valence-corrected chi connectivity index (χ2v) is 22.4. The number of para-hydroxylation sites is 4. The Labute approximate surface area is 486 Å². The standard InChI is InChI=1S/C73H62N4O.Pt/c1-47(2)60-25-18-26-61(48(3)4)71(60)55-35-50(34-49-32-33-65-64-24-14-15-29-66(64)77(69(65)37-49)70-42-56-44-78-45-57(56)43-74-70)36-59(41-55)75-46-76(68-31-17-16-30-67(68)75)72-62(52-22-12-9-13-23-52)27-19-28-63(72)54-38-53(51-20-10-8-11-21-51)39-58(40-54)73(5,6)7;/h8-33,35,38-43,47-48H,34,44-45H2,1-7H3;/q-2;/i9D,12D,13D,22D,23D;. The van der Waals surface area contributed by atoms with E-state index in [0.717, 1.165) is 100.0 Å². The van der Waals surface area contributed by atoms with Crippen molar-refractivity contribution in [3.63, 3.8) is 0 Å². The molecule has 0 radical (unpaired) electrons. The first-order valence-electron chi connectivity index (χ1n) is 29.6. The second-order valence-electron chi connectivity index (χ2n) is 22.4. The number of pyridine rings is 1. The first-order chi connectivity index (χ1) is 40.0. The molecule has 0 bridgehead atoms. The summed E-state index contributed by atoms with van der Waals surface area (Å²) in [4.78, 5) is 4.99. The third-order valence-corrected chi connectivity index (χ3v) is 15.5. The number of aromatic nitrogens is 4. The zero-order valence-electron chi connectivity index (χ0n) is 50.5. The zero-order valence-corrected chi connectivity index (χ0v) is 47.7. The molecule has 0 saturated heterocycles. The number of imidazole rings is 1. The SMILES string of the molecule is [2H]c1c([2H])c([2H])c(-c2cccc(-c3cc(-c4ccccc4)cc(C(C)(C)C)c3)c2-[n+]2[c-]n(-c3[c-]c(Cc4[c-]c5c(cc4)c4ccccc4n5-c4cc5c(cn4)COC5)cc(-c4c(C(C)C)cccc4C(C)C)c3)c3ccccc32)c([2H])c1[2H].[Pt]. The molecule has 0 spiro atoms. The maximum Gasteiger partial charge on any atom is 0.268 e. The van der Waals surface area contributed by atoms with Gasteiger partial charge in [0.2, 0.25) is 0 Å². The fourth-order valence-electron chi connectivity index (χ4n) is 11.5. The Morgan fingerprint density at radius 1 is 0.608 bits per heavy atom. The van der Waals surface area contributed by atoms with Crippen LogP contribution in [0.5, 0.6) is 0 Å². The van der Waals surface area contributed by atoms with Crippen molar-refractivity contribution >= 4 is 32.8 Å². The Bertz CT molecular complexity index is 4520. The van der Waals surface area contributed by atoms with Gasteiger partial charge in [0.25, 0.3) is 6.33 Å². The minimum atomic E-state index is -0.444. The van der Waals surface area contributed by atoms with Gasteiger partial charge in [-0.1, -0.05) is 206 Å². The van der Waals surface area contributed by atoms with Crippen LogP contribution in [0.3, 0.4) is 0 Å². The van der Waals surface area contributed by atoms with E-state index < -0.39 is 18.1 Å². The van der Waals surface area contributed by atoms with Gasteiger partial charge >= 0.3 is 0 Å². The molecular formula is C73H62N4OPt-2. The summed E-state index contributed by atoms with van der Waals surface area (Å²) in [6.45, 7) is 16.8. The van der Waals surface area contributed by atoms with E-state index in [0.29, 0.717) is 30.9 Å². The maximum atomic E-state index is 9.43. The van der Waals surface area contributed by atoms with Crippen molar-refractivity contribution in [3.8, 4) is 61.7 Å². The van der Waals surface area contributed by atoms with Crippen LogP contribution in [0, 0.1) is 18.5 Å². The van der Waals surface area contributed by atoms with Crippen LogP contribution in [-0.2, 0) is 50.9 Å². The predicted molar refractivity (Wildman–Crippen MR) is 320 cm³/mol. The molecule has 9 aromatic carbocycles. The molecule has 79 heavy (non-hydrogen) atoms. The molecule has 12 aromatic rings. The van der Waals surface area contributed by atoms with Crippen molar-refractivity contribution in [3.05, 3.63) is 258 Å². The number of hydrogen-bond donors (Lipinski definition) is 0. The van der Waals surface area contributed by atoms with Crippen LogP contribution in [0.1, 0.15) is 106 Å². The number of fused-ring (bicyclic) bond motifs is 5. The van der Waals surface area contributed by atoms with Crippen molar-refractivity contribution in [1.29, 1.82) is 0 Å². The number of benzene rings is 9. The van der Waals surface area contributed by atoms with Crippen molar-refractivity contribution in [2.45, 2.75) is 85.4 Å². The van der Waals surface area contributed by atoms with Crippen LogP contribution < -0.4 is 4.57 Å². The third-order valence-electron chi connectivity index (χ3n) is 15.5. The van der Waals surface area contributed by atoms with Crippen LogP contribution >= 0.6 is 0 Å². The topological polar surface area (TPSA) is 35.9 Å². The van der Waals surface area contributed by atoms with Gasteiger partial charge in [0, 0.05) is 38.3 Å². The van der Waals surface area contributed by atoms with Crippen LogP contribution in [0.15, 0.2) is 200 Å². The van der Waals surface area contributed by atoms with E-state index in [9.17, 15) is 2.74 Å². The molecule has 0 unspecified atom stereocenters. The van der Waals surface area contributed by atoms with Crippen LogP contribution in [0.2, 0.25) is 0 Å². The van der Waals surface area contributed by atoms with E-state index in [1.807, 2.05) is 53.2 Å². The molecule has 0 N–H and O–H groups in total. The molecule has 0 atom stereocenters. The van der Waals surface area contributed by atoms with Gasteiger partial charge in [0.05, 0.1) is 36.8 Å². The molecule has 0 aliphatic carbocycles. The summed E-state index contributed by atoms with van der Waals surface area (Å²) in [5.74, 6) is 1.29. The maximum absolute atomic E-state index is 9.43. The van der Waals surface area contributed by atoms with E-state index in [-0.39, 0.29) is 56.0 Å². The first kappa shape index (κ1) is 46.0. The molecule has 1 aliphatic heterocycles. The quantitative estimate of drug-likeness (QED) is 0.0956. The van der Waals surface area contributed by atoms with Gasteiger partial charge in [0.1, 0.15) is 5.82 Å². The van der Waals surface area contributed by atoms with E-state index in [4.69, 9.17) is 13.8 Å². The Morgan fingerprint density at radius 3 is 2.05 bits per heavy atom. The molecule has 0 fully saturated rings. The molecule has 0 saturated carbocycles. The number of nitrogens with zero attached hydrogens (tertiary/aromatic N) is 4. The Balaban J connectivity index is 0.00000694. The summed E-state index contributed by atoms with van der Waals surface area (Å²) in [7, 11) is 0. The van der Waals surface area contributed by atoms with Gasteiger partial charge in [-0.05, 0) is 114 Å². The van der Waals surface area contributed by atoms with E-state index >= 15 is 0 Å². The summed E-state index contributed by atoms with van der Waals surface area (Å²) < 4.78 is 57.5. The summed E-state index contributed by atoms with van der Waals surface area (Å²) >= 11 is 0. The van der Waals surface area contributed by atoms with Crippen molar-refractivity contribution in [1.82, 2.24) is 14.1 Å². The monoisotopic (exact) mass is 1210 g/mol. The Kier molecular flexibility index (Phi) is 12.2. The zero-order chi connectivity index (χ0) is 57.6. The van der Waals surface area contributed by atoms with Gasteiger partial charge in [0.15, 0.2) is 0 Å². The summed E-state index contributed by atoms with van der Waals surface area (Å²) in [6.07, 6.45) is 6.32. The average Bonchev–Trinajstić information content (AvgIpc) is 3.15. The number of hydrogen-bond acceptors (Lipinski definition) is 2. The van der Waals surface area contributed by atoms with Gasteiger partial charge in [-0.3, -0.25) is 4.57 Å². The van der Waals surface area contributed by atoms with Crippen molar-refractivity contribution < 1.29 is 37.2 Å². The third kappa shape index (κ3) is 9.58. The fraction of sp³-hybridized carbons (Fsp3) is 0.178. The van der Waals surface area contributed by atoms with Crippen molar-refractivity contribution in [2.24, 2.45) is 0 Å². The van der Waals surface area contributed by atoms with E-state index in [2.05, 4.69) is 197 Å². The van der Waals surface area contributed by atoms with Gasteiger partial charge in [-0.15, -0.1) is 10.9 Å². The molecule has 5 nitrogen and oxygen atoms in total. The minimum Gasteiger partial charge on any atom is -0.372 e. The summed E-state index contributed by atoms with van der Waals surface area (Å²) in [5, 5.41) is 2.22. The number of ether oxygens (including phenoxy) is 1. The van der Waals surface area contributed by atoms with Crippen molar-refractivity contribution in [2.75, 3.05) is 0 Å². The van der Waals surface area contributed by atoms with Gasteiger partial charge in [-0.2, -0.15) is 47.5 Å². The summed E-state index contributed by atoms with van der Waals surface area (Å²) in [6, 6.07) is 63.4. The molecule has 1 aliphatic rings. The average molecular weight is 1210 g/mol. The smallest absolute Gasteiger partial charge is 0.268 e. The molecular weight excluding hydrogens is 1140 g/mol. The van der Waals surface area contributed by atoms with E-state index in [1.54, 1.807) is 0 Å². The minimum absolute atomic E-state index is 0. The fourth-order valence-corrected chi connectivity index (χ4v) is 11.5. The van der Waals surface area contributed by atoms with Crippen LogP contribution in [0.25, 0.3) is 94.5 Å². The number of rotatable bonds is 11. The van der Waals surface area contributed by atoms with Crippen LogP contribution in [-0.4, -0.2) is 14.1 Å². The van der Waals surface area contributed by atoms with Gasteiger partial charge < -0.3 is 13.9 Å². The second kappa shape index (κ2) is 21.0. The molecule has 4 heterocycles. The van der Waals surface area contributed by atoms with Gasteiger partial charge in [-0.25, -0.2) is 4.98 Å².